The Bertz CT molecular complexity index is 4040. The van der Waals surface area contributed by atoms with Gasteiger partial charge in [-0.2, -0.15) is 0 Å². The molecule has 0 amide bonds. The van der Waals surface area contributed by atoms with E-state index < -0.39 is 0 Å². The lowest BCUT2D eigenvalue weighted by molar-refractivity contribution is 0.660. The zero-order valence-electron chi connectivity index (χ0n) is 33.5. The van der Waals surface area contributed by atoms with E-state index in [0.717, 1.165) is 76.9 Å². The van der Waals surface area contributed by atoms with Crippen molar-refractivity contribution in [3.8, 4) is 33.6 Å². The SMILES string of the molecule is CC1(C)c2ccccc2-c2ccc(-n3c4ccccc4c4cc(-c5ccc6c(c5)c5c7oc8ccccc8c7ccc5n6-c5cccc6c5oc5ccccc56)ccc43)cc21. The van der Waals surface area contributed by atoms with Crippen LogP contribution in [0, 0.1) is 0 Å². The van der Waals surface area contributed by atoms with Crippen molar-refractivity contribution >= 4 is 87.5 Å². The molecule has 0 saturated heterocycles. The number of furan rings is 2. The quantitative estimate of drug-likeness (QED) is 0.179. The van der Waals surface area contributed by atoms with Crippen LogP contribution in [-0.4, -0.2) is 9.13 Å². The van der Waals surface area contributed by atoms with Crippen LogP contribution in [0.1, 0.15) is 25.0 Å². The van der Waals surface area contributed by atoms with Crippen LogP contribution in [0.25, 0.3) is 121 Å². The maximum atomic E-state index is 6.77. The molecule has 4 heteroatoms. The molecule has 0 aliphatic heterocycles. The number of nitrogens with zero attached hydrogens (tertiary/aromatic N) is 2. The van der Waals surface area contributed by atoms with Crippen molar-refractivity contribution in [2.24, 2.45) is 0 Å². The minimum atomic E-state index is -0.0812. The summed E-state index contributed by atoms with van der Waals surface area (Å²) in [4.78, 5) is 0. The first-order chi connectivity index (χ1) is 30.0. The van der Waals surface area contributed by atoms with Crippen molar-refractivity contribution in [1.82, 2.24) is 9.13 Å². The molecule has 0 unspecified atom stereocenters. The molecule has 14 rings (SSSR count). The normalized spacial score (nSPS) is 13.5. The van der Waals surface area contributed by atoms with E-state index in [1.807, 2.05) is 12.1 Å². The van der Waals surface area contributed by atoms with E-state index in [0.29, 0.717) is 0 Å². The molecule has 4 aromatic heterocycles. The van der Waals surface area contributed by atoms with Crippen molar-refractivity contribution in [1.29, 1.82) is 0 Å². The van der Waals surface area contributed by atoms with E-state index in [9.17, 15) is 0 Å². The van der Waals surface area contributed by atoms with E-state index in [1.165, 1.54) is 55.3 Å². The third-order valence-corrected chi connectivity index (χ3v) is 13.7. The summed E-state index contributed by atoms with van der Waals surface area (Å²) in [7, 11) is 0. The van der Waals surface area contributed by atoms with E-state index in [2.05, 4.69) is 193 Å². The molecule has 4 heterocycles. The molecule has 1 aliphatic carbocycles. The molecule has 61 heavy (non-hydrogen) atoms. The van der Waals surface area contributed by atoms with Crippen molar-refractivity contribution in [2.75, 3.05) is 0 Å². The average molecular weight is 781 g/mol. The predicted octanol–water partition coefficient (Wildman–Crippen LogP) is 15.7. The van der Waals surface area contributed by atoms with Gasteiger partial charge in [0.25, 0.3) is 0 Å². The molecule has 0 atom stereocenters. The molecule has 286 valence electrons. The molecule has 0 N–H and O–H groups in total. The van der Waals surface area contributed by atoms with Crippen LogP contribution >= 0.6 is 0 Å². The standard InChI is InChI=1S/C57H36N2O2/c1-57(2)45-17-7-3-12-36(45)37-25-24-35(32-46(37)57)58-47-18-8-4-13-38(47)43-30-33(22-27-48(43)58)34-23-28-49-44(31-34)54-50(29-26-42-40-15-6-10-21-53(40)61-56(42)54)59(49)51-19-11-16-41-39-14-5-9-20-52(39)60-55(41)51/h3-32H,1-2H3. The fourth-order valence-electron chi connectivity index (χ4n) is 10.9. The van der Waals surface area contributed by atoms with E-state index >= 15 is 0 Å². The van der Waals surface area contributed by atoms with Gasteiger partial charge in [-0.25, -0.2) is 0 Å². The van der Waals surface area contributed by atoms with Crippen molar-refractivity contribution < 1.29 is 8.83 Å². The zero-order chi connectivity index (χ0) is 40.1. The monoisotopic (exact) mass is 780 g/mol. The Kier molecular flexibility index (Phi) is 6.33. The second-order valence-electron chi connectivity index (χ2n) is 17.2. The van der Waals surface area contributed by atoms with E-state index in [-0.39, 0.29) is 5.41 Å². The van der Waals surface area contributed by atoms with Gasteiger partial charge in [-0.1, -0.05) is 123 Å². The maximum absolute atomic E-state index is 6.77. The van der Waals surface area contributed by atoms with Crippen LogP contribution < -0.4 is 0 Å². The number of fused-ring (bicyclic) bond motifs is 16. The fraction of sp³-hybridized carbons (Fsp3) is 0.0526. The summed E-state index contributed by atoms with van der Waals surface area (Å²) in [6.45, 7) is 4.71. The molecular formula is C57H36N2O2. The van der Waals surface area contributed by atoms with Crippen molar-refractivity contribution in [3.05, 3.63) is 193 Å². The minimum Gasteiger partial charge on any atom is -0.455 e. The van der Waals surface area contributed by atoms with Crippen molar-refractivity contribution in [2.45, 2.75) is 19.3 Å². The number of para-hydroxylation sites is 4. The first kappa shape index (κ1) is 33.1. The number of rotatable bonds is 3. The van der Waals surface area contributed by atoms with Gasteiger partial charge in [0, 0.05) is 48.8 Å². The molecule has 13 aromatic rings. The predicted molar refractivity (Wildman–Crippen MR) is 253 cm³/mol. The van der Waals surface area contributed by atoms with E-state index in [4.69, 9.17) is 8.83 Å². The van der Waals surface area contributed by atoms with Crippen LogP contribution in [0.4, 0.5) is 0 Å². The lowest BCUT2D eigenvalue weighted by Crippen LogP contribution is -2.15. The van der Waals surface area contributed by atoms with Gasteiger partial charge in [0.15, 0.2) is 5.58 Å². The molecule has 0 saturated carbocycles. The zero-order valence-corrected chi connectivity index (χ0v) is 33.5. The fourth-order valence-corrected chi connectivity index (χ4v) is 10.9. The molecule has 0 fully saturated rings. The molecule has 4 nitrogen and oxygen atoms in total. The molecular weight excluding hydrogens is 745 g/mol. The van der Waals surface area contributed by atoms with E-state index in [1.54, 1.807) is 0 Å². The second kappa shape index (κ2) is 11.7. The average Bonchev–Trinajstić information content (AvgIpc) is 4.09. The van der Waals surface area contributed by atoms with Crippen molar-refractivity contribution in [3.63, 3.8) is 0 Å². The Labute approximate surface area is 350 Å². The van der Waals surface area contributed by atoms with Gasteiger partial charge in [-0.15, -0.1) is 0 Å². The number of hydrogen-bond acceptors (Lipinski definition) is 2. The minimum absolute atomic E-state index is 0.0812. The Morgan fingerprint density at radius 2 is 0.967 bits per heavy atom. The number of hydrogen-bond donors (Lipinski definition) is 0. The van der Waals surface area contributed by atoms with Crippen LogP contribution in [0.5, 0.6) is 0 Å². The topological polar surface area (TPSA) is 36.1 Å². The highest BCUT2D eigenvalue weighted by atomic mass is 16.3. The van der Waals surface area contributed by atoms with Gasteiger partial charge in [-0.05, 0) is 106 Å². The van der Waals surface area contributed by atoms with Gasteiger partial charge in [0.05, 0.1) is 33.1 Å². The van der Waals surface area contributed by atoms with Gasteiger partial charge in [-0.3, -0.25) is 0 Å². The Morgan fingerprint density at radius 1 is 0.377 bits per heavy atom. The smallest absolute Gasteiger partial charge is 0.159 e. The summed E-state index contributed by atoms with van der Waals surface area (Å²) in [6, 6.07) is 66.2. The first-order valence-corrected chi connectivity index (χ1v) is 21.1. The highest BCUT2D eigenvalue weighted by molar-refractivity contribution is 6.25. The number of aromatic nitrogens is 2. The Morgan fingerprint density at radius 3 is 1.77 bits per heavy atom. The summed E-state index contributed by atoms with van der Waals surface area (Å²) in [6.07, 6.45) is 0. The Hall–Kier alpha value is -7.82. The maximum Gasteiger partial charge on any atom is 0.159 e. The van der Waals surface area contributed by atoms with Crippen LogP contribution in [-0.2, 0) is 5.41 Å². The molecule has 0 radical (unpaired) electrons. The summed E-state index contributed by atoms with van der Waals surface area (Å²) in [5.41, 5.74) is 18.0. The highest BCUT2D eigenvalue weighted by Crippen LogP contribution is 2.50. The summed E-state index contributed by atoms with van der Waals surface area (Å²) in [5, 5.41) is 9.15. The number of benzene rings is 9. The highest BCUT2D eigenvalue weighted by Gasteiger charge is 2.35. The van der Waals surface area contributed by atoms with Crippen LogP contribution in [0.2, 0.25) is 0 Å². The molecule has 9 aromatic carbocycles. The lowest BCUT2D eigenvalue weighted by Gasteiger charge is -2.22. The van der Waals surface area contributed by atoms with Crippen LogP contribution in [0.15, 0.2) is 191 Å². The summed E-state index contributed by atoms with van der Waals surface area (Å²) >= 11 is 0. The first-order valence-electron chi connectivity index (χ1n) is 21.1. The molecule has 1 aliphatic rings. The van der Waals surface area contributed by atoms with Gasteiger partial charge in [0.2, 0.25) is 0 Å². The third kappa shape index (κ3) is 4.33. The second-order valence-corrected chi connectivity index (χ2v) is 17.2. The lowest BCUT2D eigenvalue weighted by atomic mass is 9.82. The summed E-state index contributed by atoms with van der Waals surface area (Å²) < 4.78 is 18.2. The van der Waals surface area contributed by atoms with Gasteiger partial charge in [0.1, 0.15) is 16.7 Å². The van der Waals surface area contributed by atoms with Gasteiger partial charge < -0.3 is 18.0 Å². The third-order valence-electron chi connectivity index (χ3n) is 13.7. The molecule has 0 bridgehead atoms. The van der Waals surface area contributed by atoms with Crippen LogP contribution in [0.3, 0.4) is 0 Å². The largest absolute Gasteiger partial charge is 0.455 e. The molecule has 0 spiro atoms. The Balaban J connectivity index is 0.996. The van der Waals surface area contributed by atoms with Gasteiger partial charge >= 0.3 is 0 Å². The summed E-state index contributed by atoms with van der Waals surface area (Å²) in [5.74, 6) is 0.